The highest BCUT2D eigenvalue weighted by atomic mass is 35.7. The van der Waals surface area contributed by atoms with Gasteiger partial charge in [0.1, 0.15) is 0 Å². The summed E-state index contributed by atoms with van der Waals surface area (Å²) in [7, 11) is 4.77. The fourth-order valence-electron chi connectivity index (χ4n) is 1.51. The normalized spacial score (nSPS) is 11.1. The van der Waals surface area contributed by atoms with Crippen molar-refractivity contribution in [3.05, 3.63) is 18.2 Å². The van der Waals surface area contributed by atoms with E-state index in [1.165, 1.54) is 0 Å². The molecule has 0 unspecified atom stereocenters. The van der Waals surface area contributed by atoms with Crippen LogP contribution in [-0.4, -0.2) is 35.0 Å². The molecule has 0 heterocycles. The van der Waals surface area contributed by atoms with Crippen molar-refractivity contribution in [1.82, 2.24) is 0 Å². The lowest BCUT2D eigenvalue weighted by Crippen LogP contribution is -2.04. The second-order valence-corrected chi connectivity index (χ2v) is 6.69. The maximum atomic E-state index is 10.7. The molecule has 0 bridgehead atoms. The zero-order valence-corrected chi connectivity index (χ0v) is 12.5. The highest BCUT2D eigenvalue weighted by molar-refractivity contribution is 8.13. The van der Waals surface area contributed by atoms with Crippen LogP contribution in [0.25, 0.3) is 0 Å². The van der Waals surface area contributed by atoms with Crippen LogP contribution in [0, 0.1) is 0 Å². The molecule has 19 heavy (non-hydrogen) atoms. The molecule has 0 radical (unpaired) electrons. The van der Waals surface area contributed by atoms with Gasteiger partial charge >= 0.3 is 0 Å². The molecule has 0 spiro atoms. The molecule has 1 rings (SSSR count). The van der Waals surface area contributed by atoms with Gasteiger partial charge in [0.25, 0.3) is 0 Å². The van der Waals surface area contributed by atoms with E-state index in [4.69, 9.17) is 24.9 Å². The van der Waals surface area contributed by atoms with E-state index in [2.05, 4.69) is 0 Å². The second kappa shape index (κ2) is 7.45. The van der Waals surface area contributed by atoms with Crippen molar-refractivity contribution in [2.24, 2.45) is 0 Å². The largest absolute Gasteiger partial charge is 0.493 e. The van der Waals surface area contributed by atoms with Gasteiger partial charge in [-0.05, 0) is 25.0 Å². The van der Waals surface area contributed by atoms with E-state index in [0.717, 1.165) is 0 Å². The van der Waals surface area contributed by atoms with Crippen LogP contribution in [-0.2, 0) is 9.05 Å². The topological polar surface area (TPSA) is 61.8 Å². The van der Waals surface area contributed by atoms with Crippen LogP contribution < -0.4 is 14.2 Å². The Bertz CT molecular complexity index is 479. The van der Waals surface area contributed by atoms with E-state index < -0.39 is 9.05 Å². The van der Waals surface area contributed by atoms with E-state index in [1.807, 2.05) is 0 Å². The number of benzene rings is 1. The van der Waals surface area contributed by atoms with Crippen LogP contribution in [0.4, 0.5) is 0 Å². The van der Waals surface area contributed by atoms with Gasteiger partial charge in [0, 0.05) is 10.7 Å². The number of halogens is 1. The molecule has 0 atom stereocenters. The molecule has 0 aliphatic rings. The number of hydrogen-bond donors (Lipinski definition) is 0. The predicted octanol–water partition coefficient (Wildman–Crippen LogP) is 2.43. The first kappa shape index (κ1) is 15.9. The Morgan fingerprint density at radius 3 is 2.16 bits per heavy atom. The fourth-order valence-corrected chi connectivity index (χ4v) is 2.39. The Morgan fingerprint density at radius 2 is 1.68 bits per heavy atom. The van der Waals surface area contributed by atoms with Gasteiger partial charge in [-0.15, -0.1) is 0 Å². The minimum absolute atomic E-state index is 0.0546. The van der Waals surface area contributed by atoms with Crippen LogP contribution >= 0.6 is 10.7 Å². The SMILES string of the molecule is COc1cccc(OC)c1OCCCCS(=O)(=O)Cl. The van der Waals surface area contributed by atoms with Gasteiger partial charge in [-0.2, -0.15) is 0 Å². The summed E-state index contributed by atoms with van der Waals surface area (Å²) in [5.74, 6) is 1.61. The van der Waals surface area contributed by atoms with Gasteiger partial charge < -0.3 is 14.2 Å². The minimum atomic E-state index is -3.43. The summed E-state index contributed by atoms with van der Waals surface area (Å²) in [5.41, 5.74) is 0. The molecule has 0 N–H and O–H groups in total. The van der Waals surface area contributed by atoms with E-state index in [0.29, 0.717) is 36.7 Å². The minimum Gasteiger partial charge on any atom is -0.493 e. The molecular formula is C12H17ClO5S. The Balaban J connectivity index is 2.53. The number of para-hydroxylation sites is 1. The van der Waals surface area contributed by atoms with Gasteiger partial charge in [0.05, 0.1) is 26.6 Å². The lowest BCUT2D eigenvalue weighted by atomic mass is 10.3. The number of unbranched alkanes of at least 4 members (excludes halogenated alkanes) is 1. The molecule has 0 aliphatic carbocycles. The van der Waals surface area contributed by atoms with Gasteiger partial charge in [-0.3, -0.25) is 0 Å². The fraction of sp³-hybridized carbons (Fsp3) is 0.500. The Kier molecular flexibility index (Phi) is 6.24. The summed E-state index contributed by atoms with van der Waals surface area (Å²) in [4.78, 5) is 0. The molecule has 108 valence electrons. The van der Waals surface area contributed by atoms with Crippen molar-refractivity contribution in [2.75, 3.05) is 26.6 Å². The van der Waals surface area contributed by atoms with E-state index in [1.54, 1.807) is 32.4 Å². The Hall–Kier alpha value is -1.14. The quantitative estimate of drug-likeness (QED) is 0.545. The van der Waals surface area contributed by atoms with Crippen molar-refractivity contribution in [2.45, 2.75) is 12.8 Å². The number of methoxy groups -OCH3 is 2. The molecular weight excluding hydrogens is 292 g/mol. The summed E-state index contributed by atoms with van der Waals surface area (Å²) in [6.45, 7) is 0.364. The summed E-state index contributed by atoms with van der Waals surface area (Å²) < 4.78 is 37.4. The first-order valence-corrected chi connectivity index (χ1v) is 8.22. The highest BCUT2D eigenvalue weighted by Crippen LogP contribution is 2.36. The van der Waals surface area contributed by atoms with E-state index >= 15 is 0 Å². The number of ether oxygens (including phenoxy) is 3. The van der Waals surface area contributed by atoms with E-state index in [-0.39, 0.29) is 5.75 Å². The van der Waals surface area contributed by atoms with E-state index in [9.17, 15) is 8.42 Å². The predicted molar refractivity (Wildman–Crippen MR) is 73.9 cm³/mol. The maximum absolute atomic E-state index is 10.7. The Morgan fingerprint density at radius 1 is 1.11 bits per heavy atom. The summed E-state index contributed by atoms with van der Waals surface area (Å²) >= 11 is 0. The van der Waals surface area contributed by atoms with Crippen LogP contribution in [0.5, 0.6) is 17.2 Å². The second-order valence-electron chi connectivity index (χ2n) is 3.79. The molecule has 1 aromatic rings. The highest BCUT2D eigenvalue weighted by Gasteiger charge is 2.11. The molecule has 0 fully saturated rings. The molecule has 0 saturated carbocycles. The third-order valence-corrected chi connectivity index (χ3v) is 3.65. The number of rotatable bonds is 8. The van der Waals surface area contributed by atoms with Gasteiger partial charge in [-0.1, -0.05) is 6.07 Å². The summed E-state index contributed by atoms with van der Waals surface area (Å²) in [5, 5.41) is 0. The lowest BCUT2D eigenvalue weighted by Gasteiger charge is -2.13. The smallest absolute Gasteiger partial charge is 0.232 e. The van der Waals surface area contributed by atoms with Gasteiger partial charge in [0.15, 0.2) is 11.5 Å². The van der Waals surface area contributed by atoms with Gasteiger partial charge in [-0.25, -0.2) is 8.42 Å². The number of hydrogen-bond acceptors (Lipinski definition) is 5. The average molecular weight is 309 g/mol. The van der Waals surface area contributed by atoms with Crippen LogP contribution in [0.2, 0.25) is 0 Å². The Labute approximate surface area is 117 Å². The van der Waals surface area contributed by atoms with Crippen molar-refractivity contribution in [1.29, 1.82) is 0 Å². The zero-order valence-electron chi connectivity index (χ0n) is 10.9. The van der Waals surface area contributed by atoms with Crippen molar-refractivity contribution in [3.8, 4) is 17.2 Å². The maximum Gasteiger partial charge on any atom is 0.232 e. The van der Waals surface area contributed by atoms with Crippen LogP contribution in [0.1, 0.15) is 12.8 Å². The van der Waals surface area contributed by atoms with Crippen molar-refractivity contribution < 1.29 is 22.6 Å². The van der Waals surface area contributed by atoms with Gasteiger partial charge in [0.2, 0.25) is 14.8 Å². The molecule has 7 heteroatoms. The summed E-state index contributed by atoms with van der Waals surface area (Å²) in [6.07, 6.45) is 1.02. The third kappa shape index (κ3) is 5.57. The molecule has 5 nitrogen and oxygen atoms in total. The molecule has 0 saturated heterocycles. The molecule has 1 aromatic carbocycles. The first-order valence-electron chi connectivity index (χ1n) is 5.74. The molecule has 0 amide bonds. The first-order chi connectivity index (χ1) is 8.98. The zero-order chi connectivity index (χ0) is 14.3. The standard InChI is InChI=1S/C12H17ClO5S/c1-16-10-6-5-7-11(17-2)12(10)18-8-3-4-9-19(13,14)15/h5-7H,3-4,8-9H2,1-2H3. The van der Waals surface area contributed by atoms with Crippen LogP contribution in [0.15, 0.2) is 18.2 Å². The summed E-state index contributed by atoms with van der Waals surface area (Å²) in [6, 6.07) is 5.33. The molecule has 0 aliphatic heterocycles. The van der Waals surface area contributed by atoms with Crippen molar-refractivity contribution in [3.63, 3.8) is 0 Å². The third-order valence-electron chi connectivity index (χ3n) is 2.41. The van der Waals surface area contributed by atoms with Crippen molar-refractivity contribution >= 4 is 19.7 Å². The average Bonchev–Trinajstić information content (AvgIpc) is 2.36. The monoisotopic (exact) mass is 308 g/mol. The molecule has 0 aromatic heterocycles. The lowest BCUT2D eigenvalue weighted by molar-refractivity contribution is 0.270. The van der Waals surface area contributed by atoms with Crippen LogP contribution in [0.3, 0.4) is 0 Å².